The van der Waals surface area contributed by atoms with Gasteiger partial charge in [0.1, 0.15) is 5.82 Å². The second kappa shape index (κ2) is 5.70. The summed E-state index contributed by atoms with van der Waals surface area (Å²) in [6, 6.07) is 18.7. The van der Waals surface area contributed by atoms with E-state index in [2.05, 4.69) is 48.7 Å². The monoisotopic (exact) mass is 279 g/mol. The maximum atomic E-state index is 6.50. The maximum absolute atomic E-state index is 6.50. The lowest BCUT2D eigenvalue weighted by atomic mass is 10.0. The molecule has 0 saturated heterocycles. The van der Waals surface area contributed by atoms with Crippen molar-refractivity contribution in [2.24, 2.45) is 5.73 Å². The molecule has 2 unspecified atom stereocenters. The van der Waals surface area contributed by atoms with Crippen LogP contribution in [0.4, 0.5) is 0 Å². The van der Waals surface area contributed by atoms with Gasteiger partial charge in [-0.05, 0) is 24.6 Å². The molecule has 2 atom stereocenters. The molecule has 21 heavy (non-hydrogen) atoms. The Labute approximate surface area is 125 Å². The molecule has 0 spiro atoms. The minimum Gasteiger partial charge on any atom is -0.323 e. The van der Waals surface area contributed by atoms with Crippen LogP contribution in [0.25, 0.3) is 11.0 Å². The molecule has 2 aromatic carbocycles. The van der Waals surface area contributed by atoms with Crippen LogP contribution in [0, 0.1) is 0 Å². The van der Waals surface area contributed by atoms with Crippen molar-refractivity contribution in [2.75, 3.05) is 0 Å². The predicted molar refractivity (Wildman–Crippen MR) is 87.2 cm³/mol. The zero-order valence-electron chi connectivity index (χ0n) is 12.5. The van der Waals surface area contributed by atoms with Crippen molar-refractivity contribution in [1.29, 1.82) is 0 Å². The summed E-state index contributed by atoms with van der Waals surface area (Å²) in [4.78, 5) is 4.74. The number of aromatic nitrogens is 2. The highest BCUT2D eigenvalue weighted by Crippen LogP contribution is 2.29. The lowest BCUT2D eigenvalue weighted by Crippen LogP contribution is -2.23. The van der Waals surface area contributed by atoms with Gasteiger partial charge < -0.3 is 10.3 Å². The Kier molecular flexibility index (Phi) is 3.76. The van der Waals surface area contributed by atoms with Crippen LogP contribution in [0.5, 0.6) is 0 Å². The molecule has 3 heteroatoms. The molecule has 3 aromatic rings. The highest BCUT2D eigenvalue weighted by Gasteiger charge is 2.21. The summed E-state index contributed by atoms with van der Waals surface area (Å²) >= 11 is 0. The van der Waals surface area contributed by atoms with Gasteiger partial charge in [0, 0.05) is 6.42 Å². The predicted octanol–water partition coefficient (Wildman–Crippen LogP) is 3.86. The molecule has 0 aliphatic rings. The van der Waals surface area contributed by atoms with Crippen molar-refractivity contribution in [3.05, 3.63) is 66.0 Å². The Balaban J connectivity index is 2.07. The van der Waals surface area contributed by atoms with Crippen LogP contribution in [0.1, 0.15) is 37.3 Å². The van der Waals surface area contributed by atoms with E-state index in [1.807, 2.05) is 24.3 Å². The van der Waals surface area contributed by atoms with Crippen molar-refractivity contribution < 1.29 is 0 Å². The van der Waals surface area contributed by atoms with Gasteiger partial charge in [0.25, 0.3) is 0 Å². The van der Waals surface area contributed by atoms with E-state index in [1.165, 1.54) is 0 Å². The summed E-state index contributed by atoms with van der Waals surface area (Å²) < 4.78 is 2.28. The van der Waals surface area contributed by atoms with Gasteiger partial charge in [0.05, 0.1) is 23.1 Å². The van der Waals surface area contributed by atoms with E-state index in [0.717, 1.165) is 28.8 Å². The zero-order valence-corrected chi connectivity index (χ0v) is 12.5. The van der Waals surface area contributed by atoms with Crippen molar-refractivity contribution in [1.82, 2.24) is 9.55 Å². The highest BCUT2D eigenvalue weighted by molar-refractivity contribution is 5.76. The molecule has 2 N–H and O–H groups in total. The van der Waals surface area contributed by atoms with Crippen molar-refractivity contribution in [3.8, 4) is 0 Å². The van der Waals surface area contributed by atoms with E-state index in [-0.39, 0.29) is 12.1 Å². The van der Waals surface area contributed by atoms with Crippen molar-refractivity contribution in [3.63, 3.8) is 0 Å². The third-order valence-electron chi connectivity index (χ3n) is 4.10. The second-order valence-corrected chi connectivity index (χ2v) is 5.42. The van der Waals surface area contributed by atoms with Gasteiger partial charge in [-0.25, -0.2) is 4.98 Å². The molecule has 0 fully saturated rings. The molecule has 0 amide bonds. The number of para-hydroxylation sites is 2. The van der Waals surface area contributed by atoms with Crippen molar-refractivity contribution in [2.45, 2.75) is 32.4 Å². The van der Waals surface area contributed by atoms with Gasteiger partial charge in [-0.2, -0.15) is 0 Å². The molecule has 3 nitrogen and oxygen atoms in total. The molecule has 0 aliphatic carbocycles. The average Bonchev–Trinajstić information content (AvgIpc) is 2.92. The number of hydrogen-bond acceptors (Lipinski definition) is 2. The lowest BCUT2D eigenvalue weighted by molar-refractivity contribution is 0.450. The minimum atomic E-state index is -0.0471. The molecular weight excluding hydrogens is 258 g/mol. The Bertz CT molecular complexity index is 731. The number of imidazole rings is 1. The molecule has 3 rings (SSSR count). The van der Waals surface area contributed by atoms with Gasteiger partial charge in [0.2, 0.25) is 0 Å². The van der Waals surface area contributed by atoms with Gasteiger partial charge in [-0.15, -0.1) is 0 Å². The number of fused-ring (bicyclic) bond motifs is 1. The average molecular weight is 279 g/mol. The zero-order chi connectivity index (χ0) is 14.8. The summed E-state index contributed by atoms with van der Waals surface area (Å²) in [5.74, 6) is 1.09. The second-order valence-electron chi connectivity index (χ2n) is 5.42. The Morgan fingerprint density at radius 1 is 1.05 bits per heavy atom. The number of rotatable bonds is 4. The first-order valence-electron chi connectivity index (χ1n) is 7.48. The first kappa shape index (κ1) is 13.8. The van der Waals surface area contributed by atoms with Crippen LogP contribution in [0.2, 0.25) is 0 Å². The van der Waals surface area contributed by atoms with E-state index in [9.17, 15) is 0 Å². The van der Waals surface area contributed by atoms with E-state index in [0.29, 0.717) is 0 Å². The van der Waals surface area contributed by atoms with Crippen LogP contribution in [0.15, 0.2) is 54.6 Å². The fraction of sp³-hybridized carbons (Fsp3) is 0.278. The number of nitrogens with zero attached hydrogens (tertiary/aromatic N) is 2. The standard InChI is InChI=1S/C18H21N3/c1-3-17-20-15-11-7-8-12-16(15)21(17)13(2)18(19)14-9-5-4-6-10-14/h4-13,18H,3,19H2,1-2H3. The maximum Gasteiger partial charge on any atom is 0.109 e. The topological polar surface area (TPSA) is 43.8 Å². The number of nitrogens with two attached hydrogens (primary N) is 1. The molecule has 108 valence electrons. The quantitative estimate of drug-likeness (QED) is 0.788. The van der Waals surface area contributed by atoms with Crippen LogP contribution in [-0.2, 0) is 6.42 Å². The summed E-state index contributed by atoms with van der Waals surface area (Å²) in [5, 5.41) is 0. The Morgan fingerprint density at radius 3 is 2.43 bits per heavy atom. The third-order valence-corrected chi connectivity index (χ3v) is 4.10. The third kappa shape index (κ3) is 2.45. The SMILES string of the molecule is CCc1nc2ccccc2n1C(C)C(N)c1ccccc1. The van der Waals surface area contributed by atoms with Gasteiger partial charge in [0.15, 0.2) is 0 Å². The van der Waals surface area contributed by atoms with Gasteiger partial charge in [-0.3, -0.25) is 0 Å². The lowest BCUT2D eigenvalue weighted by Gasteiger charge is -2.24. The highest BCUT2D eigenvalue weighted by atomic mass is 15.1. The largest absolute Gasteiger partial charge is 0.323 e. The normalized spacial score (nSPS) is 14.2. The molecule has 1 aromatic heterocycles. The molecule has 0 bridgehead atoms. The molecule has 0 radical (unpaired) electrons. The Hall–Kier alpha value is -2.13. The smallest absolute Gasteiger partial charge is 0.109 e. The fourth-order valence-corrected chi connectivity index (χ4v) is 2.91. The molecule has 0 aliphatic heterocycles. The number of aryl methyl sites for hydroxylation is 1. The van der Waals surface area contributed by atoms with Crippen LogP contribution < -0.4 is 5.73 Å². The first-order chi connectivity index (χ1) is 10.2. The fourth-order valence-electron chi connectivity index (χ4n) is 2.91. The summed E-state index contributed by atoms with van der Waals surface area (Å²) in [5.41, 5.74) is 9.86. The minimum absolute atomic E-state index is 0.0471. The summed E-state index contributed by atoms with van der Waals surface area (Å²) in [7, 11) is 0. The molecule has 1 heterocycles. The number of benzene rings is 2. The van der Waals surface area contributed by atoms with E-state index >= 15 is 0 Å². The van der Waals surface area contributed by atoms with Crippen LogP contribution in [0.3, 0.4) is 0 Å². The summed E-state index contributed by atoms with van der Waals surface area (Å²) in [6.45, 7) is 4.31. The van der Waals surface area contributed by atoms with Crippen LogP contribution >= 0.6 is 0 Å². The molecular formula is C18H21N3. The first-order valence-corrected chi connectivity index (χ1v) is 7.48. The van der Waals surface area contributed by atoms with Crippen LogP contribution in [-0.4, -0.2) is 9.55 Å². The van der Waals surface area contributed by atoms with Gasteiger partial charge in [-0.1, -0.05) is 49.4 Å². The number of hydrogen-bond donors (Lipinski definition) is 1. The van der Waals surface area contributed by atoms with E-state index in [4.69, 9.17) is 10.7 Å². The van der Waals surface area contributed by atoms with E-state index < -0.39 is 0 Å². The van der Waals surface area contributed by atoms with E-state index in [1.54, 1.807) is 0 Å². The van der Waals surface area contributed by atoms with Crippen molar-refractivity contribution >= 4 is 11.0 Å². The van der Waals surface area contributed by atoms with Gasteiger partial charge >= 0.3 is 0 Å². The molecule has 0 saturated carbocycles. The summed E-state index contributed by atoms with van der Waals surface area (Å²) in [6.07, 6.45) is 0.903. The Morgan fingerprint density at radius 2 is 1.71 bits per heavy atom.